The van der Waals surface area contributed by atoms with E-state index in [1.165, 1.54) is 5.57 Å². The largest absolute Gasteiger partial charge is 0.534 e. The van der Waals surface area contributed by atoms with Crippen molar-refractivity contribution in [2.45, 2.75) is 90.0 Å². The number of allylic oxidation sites excluding steroid dienone is 3. The third-order valence-corrected chi connectivity index (χ3v) is 10.6. The van der Waals surface area contributed by atoms with Crippen molar-refractivity contribution in [1.82, 2.24) is 0 Å². The first kappa shape index (κ1) is 24.3. The van der Waals surface area contributed by atoms with Gasteiger partial charge in [-0.3, -0.25) is 0 Å². The van der Waals surface area contributed by atoms with E-state index >= 15 is 0 Å². The molecule has 0 N–H and O–H groups in total. The average Bonchev–Trinajstić information content (AvgIpc) is 2.96. The van der Waals surface area contributed by atoms with Gasteiger partial charge < -0.3 is 8.61 Å². The molecule has 0 aromatic heterocycles. The Hall–Kier alpha value is -0.803. The van der Waals surface area contributed by atoms with E-state index < -0.39 is 29.4 Å². The van der Waals surface area contributed by atoms with Gasteiger partial charge in [-0.25, -0.2) is 0 Å². The first-order valence-electron chi connectivity index (χ1n) is 11.7. The Bertz CT molecular complexity index is 936. The van der Waals surface area contributed by atoms with E-state index in [-0.39, 0.29) is 23.2 Å². The van der Waals surface area contributed by atoms with Gasteiger partial charge in [0.25, 0.3) is 0 Å². The van der Waals surface area contributed by atoms with Crippen molar-refractivity contribution in [1.29, 1.82) is 0 Å². The molecule has 4 aliphatic rings. The highest BCUT2D eigenvalue weighted by atomic mass is 32.2. The standard InChI is InChI=1S/C23H35F3O4SSi/c1-21-12-10-16(30-32(3,4)5)14-15(21)6-7-17-18-8-9-20(22(18,2)13-11-19(17)21)29-31(27,28)23(24,25)26/h6,9,16-19H,7-8,10-14H2,1-5H3/t16-,17-,18-,19-,21-,22-/m0/s1. The van der Waals surface area contributed by atoms with Gasteiger partial charge in [0.2, 0.25) is 0 Å². The van der Waals surface area contributed by atoms with Crippen LogP contribution >= 0.6 is 0 Å². The third kappa shape index (κ3) is 4.00. The summed E-state index contributed by atoms with van der Waals surface area (Å²) in [6.45, 7) is 10.9. The fourth-order valence-corrected chi connectivity index (χ4v) is 8.84. The second-order valence-corrected chi connectivity index (χ2v) is 17.6. The summed E-state index contributed by atoms with van der Waals surface area (Å²) in [4.78, 5) is 0. The quantitative estimate of drug-likeness (QED) is 0.194. The van der Waals surface area contributed by atoms with Crippen molar-refractivity contribution in [3.8, 4) is 0 Å². The molecule has 2 fully saturated rings. The molecule has 6 atom stereocenters. The maximum Gasteiger partial charge on any atom is 0.534 e. The lowest BCUT2D eigenvalue weighted by atomic mass is 9.48. The van der Waals surface area contributed by atoms with Crippen molar-refractivity contribution in [2.75, 3.05) is 0 Å². The Kier molecular flexibility index (Phi) is 5.78. The molecule has 32 heavy (non-hydrogen) atoms. The van der Waals surface area contributed by atoms with Gasteiger partial charge in [-0.1, -0.05) is 25.5 Å². The molecular formula is C23H35F3O4SSi. The molecule has 0 unspecified atom stereocenters. The van der Waals surface area contributed by atoms with E-state index in [9.17, 15) is 21.6 Å². The summed E-state index contributed by atoms with van der Waals surface area (Å²) in [6, 6.07) is 0. The molecule has 0 saturated heterocycles. The van der Waals surface area contributed by atoms with Crippen molar-refractivity contribution < 1.29 is 30.2 Å². The fraction of sp³-hybridized carbons (Fsp3) is 0.826. The first-order valence-corrected chi connectivity index (χ1v) is 16.5. The number of hydrogen-bond acceptors (Lipinski definition) is 4. The zero-order valence-electron chi connectivity index (χ0n) is 19.6. The minimum Gasteiger partial charge on any atom is -0.414 e. The molecule has 4 nitrogen and oxygen atoms in total. The molecule has 0 spiro atoms. The van der Waals surface area contributed by atoms with Crippen LogP contribution in [0.15, 0.2) is 23.5 Å². The van der Waals surface area contributed by atoms with Crippen LogP contribution in [-0.4, -0.2) is 28.3 Å². The Balaban J connectivity index is 1.54. The van der Waals surface area contributed by atoms with E-state index in [1.807, 2.05) is 6.92 Å². The van der Waals surface area contributed by atoms with E-state index in [1.54, 1.807) is 6.08 Å². The molecule has 0 radical (unpaired) electrons. The van der Waals surface area contributed by atoms with Crippen LogP contribution < -0.4 is 0 Å². The SMILES string of the molecule is C[C@]12CC[C@H](O[Si](C)(C)C)CC1=CC[C@@H]1[C@@H]2CC[C@]2(C)C(OS(=O)(=O)C(F)(F)F)=CC[C@@H]12. The van der Waals surface area contributed by atoms with Gasteiger partial charge in [-0.15, -0.1) is 0 Å². The molecule has 0 aliphatic heterocycles. The number of alkyl halides is 3. The van der Waals surface area contributed by atoms with E-state index in [2.05, 4.69) is 36.8 Å². The molecular weight excluding hydrogens is 457 g/mol. The maximum absolute atomic E-state index is 12.9. The Morgan fingerprint density at radius 3 is 2.28 bits per heavy atom. The second kappa shape index (κ2) is 7.60. The zero-order chi connectivity index (χ0) is 23.7. The monoisotopic (exact) mass is 492 g/mol. The van der Waals surface area contributed by atoms with E-state index in [0.717, 1.165) is 32.1 Å². The van der Waals surface area contributed by atoms with Gasteiger partial charge >= 0.3 is 15.6 Å². The highest BCUT2D eigenvalue weighted by Gasteiger charge is 2.59. The minimum absolute atomic E-state index is 0.00884. The van der Waals surface area contributed by atoms with Crippen LogP contribution in [0, 0.1) is 28.6 Å². The van der Waals surface area contributed by atoms with E-state index in [0.29, 0.717) is 24.7 Å². The van der Waals surface area contributed by atoms with Crippen LogP contribution in [-0.2, 0) is 18.7 Å². The summed E-state index contributed by atoms with van der Waals surface area (Å²) in [5, 5.41) is 0. The fourth-order valence-electron chi connectivity index (χ4n) is 7.05. The lowest BCUT2D eigenvalue weighted by Gasteiger charge is -2.57. The van der Waals surface area contributed by atoms with Gasteiger partial charge in [0.05, 0.1) is 0 Å². The summed E-state index contributed by atoms with van der Waals surface area (Å²) in [6.07, 6.45) is 10.3. The van der Waals surface area contributed by atoms with Crippen LogP contribution in [0.4, 0.5) is 13.2 Å². The molecule has 4 aliphatic carbocycles. The van der Waals surface area contributed by atoms with Gasteiger partial charge in [0.15, 0.2) is 8.32 Å². The topological polar surface area (TPSA) is 52.6 Å². The summed E-state index contributed by atoms with van der Waals surface area (Å²) < 4.78 is 73.2. The van der Waals surface area contributed by atoms with Crippen LogP contribution in [0.5, 0.6) is 0 Å². The maximum atomic E-state index is 12.9. The molecule has 2 saturated carbocycles. The summed E-state index contributed by atoms with van der Waals surface area (Å²) in [5.41, 5.74) is -4.50. The predicted molar refractivity (Wildman–Crippen MR) is 119 cm³/mol. The van der Waals surface area contributed by atoms with Crippen LogP contribution in [0.2, 0.25) is 19.6 Å². The van der Waals surface area contributed by atoms with Crippen molar-refractivity contribution in [2.24, 2.45) is 28.6 Å². The molecule has 0 aromatic carbocycles. The van der Waals surface area contributed by atoms with Crippen molar-refractivity contribution >= 4 is 18.4 Å². The highest BCUT2D eigenvalue weighted by molar-refractivity contribution is 7.87. The Morgan fingerprint density at radius 2 is 1.66 bits per heavy atom. The molecule has 0 aromatic rings. The van der Waals surface area contributed by atoms with Crippen LogP contribution in [0.25, 0.3) is 0 Å². The second-order valence-electron chi connectivity index (χ2n) is 11.6. The lowest BCUT2D eigenvalue weighted by molar-refractivity contribution is -0.0582. The minimum atomic E-state index is -5.64. The molecule has 0 amide bonds. The zero-order valence-corrected chi connectivity index (χ0v) is 21.4. The highest BCUT2D eigenvalue weighted by Crippen LogP contribution is 2.65. The number of halogens is 3. The Labute approximate surface area is 190 Å². The number of fused-ring (bicyclic) bond motifs is 5. The summed E-state index contributed by atoms with van der Waals surface area (Å²) in [5.74, 6) is 0.874. The summed E-state index contributed by atoms with van der Waals surface area (Å²) in [7, 11) is -7.25. The van der Waals surface area contributed by atoms with Gasteiger partial charge in [-0.2, -0.15) is 21.6 Å². The molecule has 4 rings (SSSR count). The molecule has 182 valence electrons. The van der Waals surface area contributed by atoms with Gasteiger partial charge in [0.1, 0.15) is 5.76 Å². The normalized spacial score (nSPS) is 40.0. The van der Waals surface area contributed by atoms with Gasteiger partial charge in [0, 0.05) is 11.5 Å². The number of rotatable bonds is 4. The average molecular weight is 493 g/mol. The van der Waals surface area contributed by atoms with E-state index in [4.69, 9.17) is 4.43 Å². The van der Waals surface area contributed by atoms with Crippen molar-refractivity contribution in [3.05, 3.63) is 23.5 Å². The molecule has 9 heteroatoms. The molecule has 0 heterocycles. The lowest BCUT2D eigenvalue weighted by Crippen LogP contribution is -2.50. The first-order chi connectivity index (χ1) is 14.6. The molecule has 0 bridgehead atoms. The van der Waals surface area contributed by atoms with Crippen LogP contribution in [0.3, 0.4) is 0 Å². The predicted octanol–water partition coefficient (Wildman–Crippen LogP) is 6.53. The van der Waals surface area contributed by atoms with Crippen molar-refractivity contribution in [3.63, 3.8) is 0 Å². The number of hydrogen-bond donors (Lipinski definition) is 0. The van der Waals surface area contributed by atoms with Crippen LogP contribution in [0.1, 0.15) is 58.8 Å². The summed E-state index contributed by atoms with van der Waals surface area (Å²) >= 11 is 0. The van der Waals surface area contributed by atoms with Gasteiger partial charge in [-0.05, 0) is 93.8 Å². The smallest absolute Gasteiger partial charge is 0.414 e. The third-order valence-electron chi connectivity index (χ3n) is 8.57. The Morgan fingerprint density at radius 1 is 1.00 bits per heavy atom.